The van der Waals surface area contributed by atoms with Gasteiger partial charge in [0, 0.05) is 12.2 Å². The summed E-state index contributed by atoms with van der Waals surface area (Å²) in [5.74, 6) is 0. The lowest BCUT2D eigenvalue weighted by Gasteiger charge is -2.16. The van der Waals surface area contributed by atoms with E-state index in [0.29, 0.717) is 16.7 Å². The van der Waals surface area contributed by atoms with E-state index in [1.54, 1.807) is 6.20 Å². The van der Waals surface area contributed by atoms with Crippen LogP contribution in [0.3, 0.4) is 0 Å². The van der Waals surface area contributed by atoms with Crippen LogP contribution in [0.1, 0.15) is 38.8 Å². The highest BCUT2D eigenvalue weighted by atomic mass is 32.1. The van der Waals surface area contributed by atoms with Crippen molar-refractivity contribution in [3.8, 4) is 0 Å². The Hall–Kier alpha value is -1.16. The zero-order valence-electron chi connectivity index (χ0n) is 9.86. The molecule has 0 bridgehead atoms. The second-order valence-corrected chi connectivity index (χ2v) is 4.39. The largest absolute Gasteiger partial charge is 0.388 e. The molecule has 0 spiro atoms. The average molecular weight is 237 g/mol. The van der Waals surface area contributed by atoms with E-state index in [4.69, 9.17) is 18.0 Å². The molecule has 0 saturated heterocycles. The monoisotopic (exact) mass is 237 g/mol. The van der Waals surface area contributed by atoms with Crippen LogP contribution in [0.2, 0.25) is 0 Å². The number of nitrogens with zero attached hydrogens (tertiary/aromatic N) is 1. The number of hydrogen-bond donors (Lipinski definition) is 2. The molecule has 0 fully saturated rings. The molecular formula is C12H19N3S. The first-order valence-corrected chi connectivity index (χ1v) is 6.07. The van der Waals surface area contributed by atoms with Crippen LogP contribution in [0.5, 0.6) is 0 Å². The van der Waals surface area contributed by atoms with Gasteiger partial charge in [0.2, 0.25) is 0 Å². The summed E-state index contributed by atoms with van der Waals surface area (Å²) in [4.78, 5) is 4.52. The van der Waals surface area contributed by atoms with Crippen LogP contribution in [-0.2, 0) is 0 Å². The number of rotatable bonds is 6. The van der Waals surface area contributed by atoms with Crippen molar-refractivity contribution in [2.75, 3.05) is 5.32 Å². The van der Waals surface area contributed by atoms with Gasteiger partial charge in [-0.2, -0.15) is 0 Å². The highest BCUT2D eigenvalue weighted by Gasteiger charge is 2.08. The van der Waals surface area contributed by atoms with E-state index in [2.05, 4.69) is 24.1 Å². The number of hydrogen-bond acceptors (Lipinski definition) is 3. The predicted octanol–water partition coefficient (Wildman–Crippen LogP) is 2.71. The standard InChI is InChI=1S/C12H19N3S/c1-3-4-6-9(2)15-10-7-5-8-14-11(10)12(13)16/h5,7-9,15H,3-4,6H2,1-2H3,(H2,13,16). The van der Waals surface area contributed by atoms with Gasteiger partial charge < -0.3 is 11.1 Å². The molecule has 3 nitrogen and oxygen atoms in total. The summed E-state index contributed by atoms with van der Waals surface area (Å²) < 4.78 is 0. The maximum atomic E-state index is 5.62. The van der Waals surface area contributed by atoms with Gasteiger partial charge in [0.15, 0.2) is 0 Å². The third-order valence-electron chi connectivity index (χ3n) is 2.43. The number of nitrogens with two attached hydrogens (primary N) is 1. The van der Waals surface area contributed by atoms with Crippen molar-refractivity contribution < 1.29 is 0 Å². The van der Waals surface area contributed by atoms with Gasteiger partial charge in [-0.1, -0.05) is 32.0 Å². The van der Waals surface area contributed by atoms with Gasteiger partial charge >= 0.3 is 0 Å². The summed E-state index contributed by atoms with van der Waals surface area (Å²) in [6, 6.07) is 4.26. The lowest BCUT2D eigenvalue weighted by atomic mass is 10.1. The lowest BCUT2D eigenvalue weighted by molar-refractivity contribution is 0.645. The highest BCUT2D eigenvalue weighted by Crippen LogP contribution is 2.15. The first-order valence-electron chi connectivity index (χ1n) is 5.66. The average Bonchev–Trinajstić information content (AvgIpc) is 2.27. The van der Waals surface area contributed by atoms with E-state index in [0.717, 1.165) is 12.1 Å². The van der Waals surface area contributed by atoms with Crippen LogP contribution >= 0.6 is 12.2 Å². The van der Waals surface area contributed by atoms with E-state index in [9.17, 15) is 0 Å². The van der Waals surface area contributed by atoms with Crippen LogP contribution in [0, 0.1) is 0 Å². The molecule has 0 amide bonds. The molecule has 16 heavy (non-hydrogen) atoms. The van der Waals surface area contributed by atoms with Crippen LogP contribution < -0.4 is 11.1 Å². The Morgan fingerprint density at radius 2 is 2.38 bits per heavy atom. The maximum Gasteiger partial charge on any atom is 0.124 e. The Kier molecular flexibility index (Phi) is 5.19. The summed E-state index contributed by atoms with van der Waals surface area (Å²) >= 11 is 4.97. The highest BCUT2D eigenvalue weighted by molar-refractivity contribution is 7.80. The predicted molar refractivity (Wildman–Crippen MR) is 72.7 cm³/mol. The van der Waals surface area contributed by atoms with Crippen molar-refractivity contribution in [2.24, 2.45) is 5.73 Å². The minimum atomic E-state index is 0.339. The fraction of sp³-hybridized carbons (Fsp3) is 0.500. The molecule has 1 atom stereocenters. The van der Waals surface area contributed by atoms with Gasteiger partial charge in [0.25, 0.3) is 0 Å². The van der Waals surface area contributed by atoms with E-state index < -0.39 is 0 Å². The lowest BCUT2D eigenvalue weighted by Crippen LogP contribution is -2.20. The summed E-state index contributed by atoms with van der Waals surface area (Å²) in [7, 11) is 0. The molecule has 0 aliphatic rings. The molecule has 0 aliphatic carbocycles. The fourth-order valence-electron chi connectivity index (χ4n) is 1.57. The Balaban J connectivity index is 2.69. The molecule has 1 heterocycles. The van der Waals surface area contributed by atoms with Crippen molar-refractivity contribution in [1.82, 2.24) is 4.98 Å². The molecule has 1 aromatic rings. The van der Waals surface area contributed by atoms with Gasteiger partial charge in [-0.05, 0) is 25.5 Å². The molecule has 1 aromatic heterocycles. The van der Waals surface area contributed by atoms with Gasteiger partial charge in [-0.25, -0.2) is 0 Å². The Morgan fingerprint density at radius 1 is 1.62 bits per heavy atom. The zero-order valence-corrected chi connectivity index (χ0v) is 10.7. The number of pyridine rings is 1. The molecule has 4 heteroatoms. The van der Waals surface area contributed by atoms with Crippen molar-refractivity contribution in [1.29, 1.82) is 0 Å². The number of anilines is 1. The number of thiocarbonyl (C=S) groups is 1. The molecule has 0 radical (unpaired) electrons. The van der Waals surface area contributed by atoms with Crippen molar-refractivity contribution in [2.45, 2.75) is 39.2 Å². The van der Waals surface area contributed by atoms with Crippen LogP contribution in [0.25, 0.3) is 0 Å². The molecular weight excluding hydrogens is 218 g/mol. The van der Waals surface area contributed by atoms with Gasteiger partial charge in [0.1, 0.15) is 10.7 Å². The first kappa shape index (κ1) is 12.9. The van der Waals surface area contributed by atoms with Gasteiger partial charge in [0.05, 0.1) is 5.69 Å². The molecule has 3 N–H and O–H groups in total. The summed E-state index contributed by atoms with van der Waals surface area (Å²) in [5, 5.41) is 3.40. The van der Waals surface area contributed by atoms with E-state index >= 15 is 0 Å². The van der Waals surface area contributed by atoms with E-state index in [1.165, 1.54) is 12.8 Å². The molecule has 1 unspecified atom stereocenters. The Morgan fingerprint density at radius 3 is 3.00 bits per heavy atom. The quantitative estimate of drug-likeness (QED) is 0.747. The minimum Gasteiger partial charge on any atom is -0.388 e. The van der Waals surface area contributed by atoms with Crippen LogP contribution in [0.15, 0.2) is 18.3 Å². The Bertz CT molecular complexity index is 352. The number of aromatic nitrogens is 1. The smallest absolute Gasteiger partial charge is 0.124 e. The van der Waals surface area contributed by atoms with Gasteiger partial charge in [-0.3, -0.25) is 4.98 Å². The summed E-state index contributed by atoms with van der Waals surface area (Å²) in [5.41, 5.74) is 7.23. The fourth-order valence-corrected chi connectivity index (χ4v) is 1.73. The van der Waals surface area contributed by atoms with E-state index in [-0.39, 0.29) is 0 Å². The molecule has 1 rings (SSSR count). The Labute approximate surface area is 102 Å². The van der Waals surface area contributed by atoms with Crippen molar-refractivity contribution >= 4 is 22.9 Å². The third-order valence-corrected chi connectivity index (χ3v) is 2.63. The minimum absolute atomic E-state index is 0.339. The zero-order chi connectivity index (χ0) is 12.0. The second kappa shape index (κ2) is 6.43. The molecule has 0 aromatic carbocycles. The maximum absolute atomic E-state index is 5.62. The van der Waals surface area contributed by atoms with Crippen LogP contribution in [0.4, 0.5) is 5.69 Å². The molecule has 0 saturated carbocycles. The summed E-state index contributed by atoms with van der Waals surface area (Å²) in [6.45, 7) is 4.35. The second-order valence-electron chi connectivity index (χ2n) is 3.95. The van der Waals surface area contributed by atoms with Gasteiger partial charge in [-0.15, -0.1) is 0 Å². The first-order chi connectivity index (χ1) is 7.65. The molecule has 0 aliphatic heterocycles. The van der Waals surface area contributed by atoms with Crippen molar-refractivity contribution in [3.63, 3.8) is 0 Å². The SMILES string of the molecule is CCCCC(C)Nc1cccnc1C(N)=S. The van der Waals surface area contributed by atoms with Crippen molar-refractivity contribution in [3.05, 3.63) is 24.0 Å². The molecule has 88 valence electrons. The van der Waals surface area contributed by atoms with E-state index in [1.807, 2.05) is 12.1 Å². The van der Waals surface area contributed by atoms with Crippen LogP contribution in [-0.4, -0.2) is 16.0 Å². The number of unbranched alkanes of at least 4 members (excludes halogenated alkanes) is 1. The normalized spacial score (nSPS) is 12.1. The summed E-state index contributed by atoms with van der Waals surface area (Å²) in [6.07, 6.45) is 5.27. The third kappa shape index (κ3) is 3.77. The number of nitrogens with one attached hydrogen (secondary N) is 1. The topological polar surface area (TPSA) is 50.9 Å².